The molecule has 1 aliphatic rings. The first kappa shape index (κ1) is 19.0. The van der Waals surface area contributed by atoms with Crippen molar-refractivity contribution in [3.8, 4) is 23.0 Å². The highest BCUT2D eigenvalue weighted by Gasteiger charge is 2.14. The van der Waals surface area contributed by atoms with Gasteiger partial charge < -0.3 is 14.6 Å². The van der Waals surface area contributed by atoms with Crippen LogP contribution in [0.5, 0.6) is 0 Å². The molecule has 1 N–H and O–H groups in total. The fourth-order valence-corrected chi connectivity index (χ4v) is 3.75. The number of rotatable bonds is 4. The van der Waals surface area contributed by atoms with Gasteiger partial charge in [0.25, 0.3) is 0 Å². The summed E-state index contributed by atoms with van der Waals surface area (Å²) in [5.74, 6) is 0.819. The van der Waals surface area contributed by atoms with E-state index in [1.807, 2.05) is 48.7 Å². The summed E-state index contributed by atoms with van der Waals surface area (Å²) in [6.45, 7) is 2.85. The fourth-order valence-electron chi connectivity index (χ4n) is 3.75. The predicted molar refractivity (Wildman–Crippen MR) is 117 cm³/mol. The summed E-state index contributed by atoms with van der Waals surface area (Å²) in [5.41, 5.74) is 4.07. The van der Waals surface area contributed by atoms with E-state index in [4.69, 9.17) is 10.00 Å². The lowest BCUT2D eigenvalue weighted by Crippen LogP contribution is -2.37. The first-order valence-electron chi connectivity index (χ1n) is 10.1. The predicted octanol–water partition coefficient (Wildman–Crippen LogP) is 2.68. The van der Waals surface area contributed by atoms with Gasteiger partial charge in [-0.1, -0.05) is 23.4 Å². The van der Waals surface area contributed by atoms with Crippen molar-refractivity contribution in [1.29, 1.82) is 5.26 Å². The first-order chi connectivity index (χ1) is 15.2. The van der Waals surface area contributed by atoms with Gasteiger partial charge in [-0.2, -0.15) is 5.26 Å². The van der Waals surface area contributed by atoms with Crippen LogP contribution in [0.2, 0.25) is 0 Å². The molecule has 2 aromatic carbocycles. The highest BCUT2D eigenvalue weighted by molar-refractivity contribution is 5.85. The second-order valence-corrected chi connectivity index (χ2v) is 7.43. The maximum Gasteiger partial charge on any atom is 0.191 e. The van der Waals surface area contributed by atoms with Gasteiger partial charge in [0.1, 0.15) is 11.5 Å². The van der Waals surface area contributed by atoms with Gasteiger partial charge in [0.2, 0.25) is 0 Å². The molecule has 0 amide bonds. The third-order valence-corrected chi connectivity index (χ3v) is 5.44. The first-order valence-corrected chi connectivity index (χ1v) is 10.1. The normalized spacial score (nSPS) is 14.0. The Bertz CT molecular complexity index is 1330. The van der Waals surface area contributed by atoms with Crippen molar-refractivity contribution in [1.82, 2.24) is 20.0 Å². The summed E-state index contributed by atoms with van der Waals surface area (Å²) in [6, 6.07) is 17.1. The number of nitriles is 1. The van der Waals surface area contributed by atoms with E-state index in [1.54, 1.807) is 10.7 Å². The van der Waals surface area contributed by atoms with Crippen LogP contribution >= 0.6 is 0 Å². The molecule has 1 saturated heterocycles. The van der Waals surface area contributed by atoms with Crippen LogP contribution in [0, 0.1) is 11.3 Å². The van der Waals surface area contributed by atoms with Crippen molar-refractivity contribution < 1.29 is 4.74 Å². The molecule has 0 bridgehead atoms. The van der Waals surface area contributed by atoms with Crippen LogP contribution in [0.25, 0.3) is 27.8 Å². The number of hydrogen-bond acceptors (Lipinski definition) is 6. The molecule has 8 nitrogen and oxygen atoms in total. The zero-order chi connectivity index (χ0) is 21.2. The number of aromatic nitrogens is 4. The van der Waals surface area contributed by atoms with Gasteiger partial charge in [0.05, 0.1) is 43.1 Å². The molecule has 0 atom stereocenters. The van der Waals surface area contributed by atoms with Crippen LogP contribution < -0.4 is 10.3 Å². The Labute approximate surface area is 178 Å². The maximum absolute atomic E-state index is 12.8. The summed E-state index contributed by atoms with van der Waals surface area (Å²) < 4.78 is 7.07. The van der Waals surface area contributed by atoms with Crippen molar-refractivity contribution in [3.63, 3.8) is 0 Å². The third kappa shape index (κ3) is 3.79. The van der Waals surface area contributed by atoms with Crippen molar-refractivity contribution in [2.24, 2.45) is 0 Å². The Morgan fingerprint density at radius 3 is 2.68 bits per heavy atom. The van der Waals surface area contributed by atoms with Crippen LogP contribution in [0.1, 0.15) is 5.56 Å². The molecule has 0 aliphatic carbocycles. The lowest BCUT2D eigenvalue weighted by atomic mass is 10.1. The van der Waals surface area contributed by atoms with Gasteiger partial charge in [-0.3, -0.25) is 4.79 Å². The minimum absolute atomic E-state index is 0.0300. The smallest absolute Gasteiger partial charge is 0.191 e. The second kappa shape index (κ2) is 8.05. The van der Waals surface area contributed by atoms with Crippen molar-refractivity contribution in [2.45, 2.75) is 6.42 Å². The monoisotopic (exact) mass is 412 g/mol. The lowest BCUT2D eigenvalue weighted by molar-refractivity contribution is 0.122. The molecule has 0 spiro atoms. The lowest BCUT2D eigenvalue weighted by Gasteiger charge is -2.28. The minimum atomic E-state index is -0.0300. The van der Waals surface area contributed by atoms with E-state index in [9.17, 15) is 4.79 Å². The number of nitrogens with zero attached hydrogens (tertiary/aromatic N) is 5. The third-order valence-electron chi connectivity index (χ3n) is 5.44. The topological polar surface area (TPSA) is 99.8 Å². The standard InChI is InChI=1S/C23H20N6O2/c24-8-7-16-1-4-18(5-2-16)29-15-21(26-27-29)17-3-6-20-19(13-17)22(30)14-23(25-20)28-9-11-31-12-10-28/h1-6,13-15H,7,9-12H2,(H,25,30). The Morgan fingerprint density at radius 2 is 1.90 bits per heavy atom. The molecule has 0 unspecified atom stereocenters. The minimum Gasteiger partial charge on any atom is -0.378 e. The van der Waals surface area contributed by atoms with E-state index in [0.29, 0.717) is 30.7 Å². The second-order valence-electron chi connectivity index (χ2n) is 7.43. The number of H-pyrrole nitrogens is 1. The fraction of sp³-hybridized carbons (Fsp3) is 0.217. The number of anilines is 1. The van der Waals surface area contributed by atoms with Crippen molar-refractivity contribution in [3.05, 3.63) is 70.5 Å². The average Bonchev–Trinajstić information content (AvgIpc) is 3.30. The zero-order valence-corrected chi connectivity index (χ0v) is 16.8. The number of benzene rings is 2. The van der Waals surface area contributed by atoms with Crippen molar-refractivity contribution >= 4 is 16.7 Å². The van der Waals surface area contributed by atoms with Gasteiger partial charge in [-0.25, -0.2) is 4.68 Å². The van der Waals surface area contributed by atoms with Crippen LogP contribution in [-0.2, 0) is 11.2 Å². The van der Waals surface area contributed by atoms with E-state index < -0.39 is 0 Å². The van der Waals surface area contributed by atoms with Gasteiger partial charge in [0, 0.05) is 30.1 Å². The Balaban J connectivity index is 1.45. The van der Waals surface area contributed by atoms with Gasteiger partial charge in [-0.05, 0) is 29.8 Å². The Hall–Kier alpha value is -3.96. The summed E-state index contributed by atoms with van der Waals surface area (Å²) in [7, 11) is 0. The largest absolute Gasteiger partial charge is 0.378 e. The molecular formula is C23H20N6O2. The summed E-state index contributed by atoms with van der Waals surface area (Å²) in [5, 5.41) is 17.9. The van der Waals surface area contributed by atoms with E-state index in [-0.39, 0.29) is 5.43 Å². The molecule has 0 saturated carbocycles. The van der Waals surface area contributed by atoms with E-state index in [0.717, 1.165) is 41.2 Å². The number of hydrogen-bond donors (Lipinski definition) is 1. The van der Waals surface area contributed by atoms with Crippen LogP contribution in [0.3, 0.4) is 0 Å². The molecule has 2 aromatic heterocycles. The summed E-state index contributed by atoms with van der Waals surface area (Å²) in [6.07, 6.45) is 2.21. The molecule has 4 aromatic rings. The molecule has 1 aliphatic heterocycles. The summed E-state index contributed by atoms with van der Waals surface area (Å²) >= 11 is 0. The number of morpholine rings is 1. The highest BCUT2D eigenvalue weighted by atomic mass is 16.5. The van der Waals surface area contributed by atoms with Crippen molar-refractivity contribution in [2.75, 3.05) is 31.2 Å². The zero-order valence-electron chi connectivity index (χ0n) is 16.8. The molecule has 8 heteroatoms. The molecule has 1 fully saturated rings. The average molecular weight is 412 g/mol. The van der Waals surface area contributed by atoms with Crippen LogP contribution in [-0.4, -0.2) is 46.3 Å². The van der Waals surface area contributed by atoms with Crippen LogP contribution in [0.15, 0.2) is 59.5 Å². The van der Waals surface area contributed by atoms with E-state index in [2.05, 4.69) is 26.3 Å². The molecule has 0 radical (unpaired) electrons. The van der Waals surface area contributed by atoms with Gasteiger partial charge in [-0.15, -0.1) is 5.10 Å². The molecule has 154 valence electrons. The number of pyridine rings is 1. The van der Waals surface area contributed by atoms with E-state index in [1.165, 1.54) is 0 Å². The molecular weight excluding hydrogens is 392 g/mol. The Kier molecular flexibility index (Phi) is 4.94. The number of aromatic amines is 1. The number of nitrogens with one attached hydrogen (secondary N) is 1. The molecule has 5 rings (SSSR count). The van der Waals surface area contributed by atoms with E-state index >= 15 is 0 Å². The van der Waals surface area contributed by atoms with Crippen LogP contribution in [0.4, 0.5) is 5.82 Å². The Morgan fingerprint density at radius 1 is 1.10 bits per heavy atom. The maximum atomic E-state index is 12.8. The number of ether oxygens (including phenoxy) is 1. The molecule has 3 heterocycles. The summed E-state index contributed by atoms with van der Waals surface area (Å²) in [4.78, 5) is 18.3. The molecule has 31 heavy (non-hydrogen) atoms. The van der Waals surface area contributed by atoms with Gasteiger partial charge >= 0.3 is 0 Å². The SMILES string of the molecule is N#CCc1ccc(-n2cc(-c3ccc4[nH]c(N5CCOCC5)cc(=O)c4c3)nn2)cc1. The number of fused-ring (bicyclic) bond motifs is 1. The quantitative estimate of drug-likeness (QED) is 0.553. The highest BCUT2D eigenvalue weighted by Crippen LogP contribution is 2.23. The van der Waals surface area contributed by atoms with Gasteiger partial charge in [0.15, 0.2) is 5.43 Å².